The average Bonchev–Trinajstić information content (AvgIpc) is 3.38. The summed E-state index contributed by atoms with van der Waals surface area (Å²) in [7, 11) is 1.59. The van der Waals surface area contributed by atoms with Gasteiger partial charge in [-0.15, -0.1) is 0 Å². The van der Waals surface area contributed by atoms with Gasteiger partial charge in [0.15, 0.2) is 11.5 Å². The van der Waals surface area contributed by atoms with Crippen molar-refractivity contribution < 1.29 is 14.3 Å². The van der Waals surface area contributed by atoms with E-state index < -0.39 is 0 Å². The molecule has 6 heteroatoms. The number of ether oxygens (including phenoxy) is 2. The molecule has 1 heterocycles. The molecule has 0 fully saturated rings. The van der Waals surface area contributed by atoms with E-state index in [1.807, 2.05) is 95.8 Å². The lowest BCUT2D eigenvalue weighted by atomic mass is 10.1. The zero-order chi connectivity index (χ0) is 22.2. The van der Waals surface area contributed by atoms with Gasteiger partial charge in [-0.25, -0.2) is 5.43 Å². The smallest absolute Gasteiger partial charge is 0.273 e. The standard InChI is InChI=1S/C26H23N3O3/c1-31-25-17-21(13-14-24(25)32-19-20-9-3-2-4-10-20)18-27-28-26(30)22-11-5-6-12-23(22)29-15-7-8-16-29/h2-18H,19H2,1H3,(H,28,30)/b27-18-. The first-order chi connectivity index (χ1) is 15.7. The van der Waals surface area contributed by atoms with Gasteiger partial charge < -0.3 is 14.0 Å². The molecule has 32 heavy (non-hydrogen) atoms. The van der Waals surface area contributed by atoms with Gasteiger partial charge in [0, 0.05) is 12.4 Å². The maximum Gasteiger partial charge on any atom is 0.273 e. The first-order valence-electron chi connectivity index (χ1n) is 10.1. The molecule has 1 N–H and O–H groups in total. The normalized spacial score (nSPS) is 10.8. The van der Waals surface area contributed by atoms with Crippen molar-refractivity contribution in [2.24, 2.45) is 5.10 Å². The Labute approximate surface area is 186 Å². The van der Waals surface area contributed by atoms with E-state index in [0.29, 0.717) is 23.7 Å². The van der Waals surface area contributed by atoms with E-state index in [9.17, 15) is 4.79 Å². The lowest BCUT2D eigenvalue weighted by molar-refractivity contribution is 0.0955. The largest absolute Gasteiger partial charge is 0.493 e. The predicted octanol–water partition coefficient (Wildman–Crippen LogP) is 4.83. The van der Waals surface area contributed by atoms with Crippen molar-refractivity contribution in [3.05, 3.63) is 114 Å². The third kappa shape index (κ3) is 5.05. The number of carbonyl (C=O) groups is 1. The number of hydrazone groups is 1. The predicted molar refractivity (Wildman–Crippen MR) is 125 cm³/mol. The van der Waals surface area contributed by atoms with Gasteiger partial charge in [-0.2, -0.15) is 5.10 Å². The van der Waals surface area contributed by atoms with Gasteiger partial charge in [0.2, 0.25) is 0 Å². The van der Waals surface area contributed by atoms with Crippen LogP contribution in [0.15, 0.2) is 102 Å². The molecule has 3 aromatic carbocycles. The molecule has 0 spiro atoms. The number of benzene rings is 3. The molecule has 0 aliphatic carbocycles. The fourth-order valence-electron chi connectivity index (χ4n) is 3.23. The second-order valence-corrected chi connectivity index (χ2v) is 6.99. The average molecular weight is 425 g/mol. The highest BCUT2D eigenvalue weighted by Crippen LogP contribution is 2.28. The van der Waals surface area contributed by atoms with E-state index in [-0.39, 0.29) is 5.91 Å². The summed E-state index contributed by atoms with van der Waals surface area (Å²) in [5.41, 5.74) is 5.75. The molecule has 0 saturated heterocycles. The van der Waals surface area contributed by atoms with Crippen LogP contribution >= 0.6 is 0 Å². The van der Waals surface area contributed by atoms with Crippen LogP contribution in [0, 0.1) is 0 Å². The van der Waals surface area contributed by atoms with E-state index in [1.165, 1.54) is 0 Å². The molecule has 4 rings (SSSR count). The number of amides is 1. The molecule has 0 aliphatic heterocycles. The summed E-state index contributed by atoms with van der Waals surface area (Å²) in [5.74, 6) is 0.938. The van der Waals surface area contributed by atoms with E-state index in [4.69, 9.17) is 9.47 Å². The van der Waals surface area contributed by atoms with Crippen LogP contribution in [-0.2, 0) is 6.61 Å². The van der Waals surface area contributed by atoms with Crippen molar-refractivity contribution in [3.63, 3.8) is 0 Å². The van der Waals surface area contributed by atoms with Crippen molar-refractivity contribution >= 4 is 12.1 Å². The maximum absolute atomic E-state index is 12.7. The van der Waals surface area contributed by atoms with Crippen LogP contribution in [0.3, 0.4) is 0 Å². The Kier molecular flexibility index (Phi) is 6.63. The van der Waals surface area contributed by atoms with Crippen LogP contribution in [0.1, 0.15) is 21.5 Å². The number of nitrogens with one attached hydrogen (secondary N) is 1. The SMILES string of the molecule is COc1cc(/C=N\NC(=O)c2ccccc2-n2cccc2)ccc1OCc1ccccc1. The van der Waals surface area contributed by atoms with Crippen molar-refractivity contribution in [2.75, 3.05) is 7.11 Å². The second kappa shape index (κ2) is 10.1. The maximum atomic E-state index is 12.7. The van der Waals surface area contributed by atoms with Gasteiger partial charge in [-0.3, -0.25) is 4.79 Å². The Hall–Kier alpha value is -4.32. The number of rotatable bonds is 8. The summed E-state index contributed by atoms with van der Waals surface area (Å²) in [6, 6.07) is 26.6. The lowest BCUT2D eigenvalue weighted by Crippen LogP contribution is -2.19. The van der Waals surface area contributed by atoms with Gasteiger partial charge in [0.25, 0.3) is 5.91 Å². The quantitative estimate of drug-likeness (QED) is 0.325. The van der Waals surface area contributed by atoms with Gasteiger partial charge in [0.1, 0.15) is 6.61 Å². The molecule has 0 bridgehead atoms. The summed E-state index contributed by atoms with van der Waals surface area (Å²) in [5, 5.41) is 4.11. The van der Waals surface area contributed by atoms with Gasteiger partial charge in [-0.1, -0.05) is 42.5 Å². The minimum Gasteiger partial charge on any atom is -0.493 e. The molecule has 0 unspecified atom stereocenters. The minimum atomic E-state index is -0.291. The minimum absolute atomic E-state index is 0.291. The van der Waals surface area contributed by atoms with Crippen LogP contribution in [0.25, 0.3) is 5.69 Å². The molecular weight excluding hydrogens is 402 g/mol. The number of hydrogen-bond donors (Lipinski definition) is 1. The molecule has 6 nitrogen and oxygen atoms in total. The number of para-hydroxylation sites is 1. The highest BCUT2D eigenvalue weighted by Gasteiger charge is 2.11. The first kappa shape index (κ1) is 20.9. The second-order valence-electron chi connectivity index (χ2n) is 6.99. The third-order valence-corrected chi connectivity index (χ3v) is 4.84. The Morgan fingerprint density at radius 3 is 2.47 bits per heavy atom. The molecule has 1 aromatic heterocycles. The first-order valence-corrected chi connectivity index (χ1v) is 10.1. The number of methoxy groups -OCH3 is 1. The van der Waals surface area contributed by atoms with Crippen LogP contribution in [0.5, 0.6) is 11.5 Å². The number of nitrogens with zero attached hydrogens (tertiary/aromatic N) is 2. The van der Waals surface area contributed by atoms with Crippen molar-refractivity contribution in [3.8, 4) is 17.2 Å². The molecular formula is C26H23N3O3. The molecule has 4 aromatic rings. The highest BCUT2D eigenvalue weighted by molar-refractivity contribution is 5.98. The molecule has 160 valence electrons. The molecule has 0 radical (unpaired) electrons. The van der Waals surface area contributed by atoms with Crippen molar-refractivity contribution in [1.82, 2.24) is 9.99 Å². The number of hydrogen-bond acceptors (Lipinski definition) is 4. The summed E-state index contributed by atoms with van der Waals surface area (Å²) in [6.45, 7) is 0.446. The van der Waals surface area contributed by atoms with E-state index >= 15 is 0 Å². The summed E-state index contributed by atoms with van der Waals surface area (Å²) in [4.78, 5) is 12.7. The Morgan fingerprint density at radius 1 is 0.938 bits per heavy atom. The summed E-state index contributed by atoms with van der Waals surface area (Å²) in [6.07, 6.45) is 5.35. The summed E-state index contributed by atoms with van der Waals surface area (Å²) >= 11 is 0. The van der Waals surface area contributed by atoms with Crippen LogP contribution in [0.2, 0.25) is 0 Å². The number of carbonyl (C=O) groups excluding carboxylic acids is 1. The van der Waals surface area contributed by atoms with Crippen LogP contribution < -0.4 is 14.9 Å². The highest BCUT2D eigenvalue weighted by atomic mass is 16.5. The van der Waals surface area contributed by atoms with Crippen LogP contribution in [0.4, 0.5) is 0 Å². The van der Waals surface area contributed by atoms with Crippen molar-refractivity contribution in [2.45, 2.75) is 6.61 Å². The topological polar surface area (TPSA) is 64.8 Å². The van der Waals surface area contributed by atoms with E-state index in [2.05, 4.69) is 10.5 Å². The Bertz CT molecular complexity index is 1200. The van der Waals surface area contributed by atoms with Crippen LogP contribution in [-0.4, -0.2) is 23.8 Å². The summed E-state index contributed by atoms with van der Waals surface area (Å²) < 4.78 is 13.2. The Morgan fingerprint density at radius 2 is 1.69 bits per heavy atom. The van der Waals surface area contributed by atoms with Gasteiger partial charge >= 0.3 is 0 Å². The third-order valence-electron chi connectivity index (χ3n) is 4.84. The van der Waals surface area contributed by atoms with E-state index in [1.54, 1.807) is 19.4 Å². The lowest BCUT2D eigenvalue weighted by Gasteiger charge is -2.11. The molecule has 0 aliphatic rings. The monoisotopic (exact) mass is 425 g/mol. The zero-order valence-electron chi connectivity index (χ0n) is 17.6. The molecule has 0 atom stereocenters. The Balaban J connectivity index is 1.42. The van der Waals surface area contributed by atoms with Gasteiger partial charge in [-0.05, 0) is 53.6 Å². The molecule has 1 amide bonds. The zero-order valence-corrected chi connectivity index (χ0v) is 17.6. The molecule has 0 saturated carbocycles. The fraction of sp³-hybridized carbons (Fsp3) is 0.0769. The van der Waals surface area contributed by atoms with Gasteiger partial charge in [0.05, 0.1) is 24.6 Å². The fourth-order valence-corrected chi connectivity index (χ4v) is 3.23. The van der Waals surface area contributed by atoms with Crippen molar-refractivity contribution in [1.29, 1.82) is 0 Å². The van der Waals surface area contributed by atoms with E-state index in [0.717, 1.165) is 16.8 Å². The number of aromatic nitrogens is 1.